The quantitative estimate of drug-likeness (QED) is 0.0365. The number of benzene rings is 5. The molecule has 0 aliphatic carbocycles. The van der Waals surface area contributed by atoms with E-state index in [1.807, 2.05) is 0 Å². The number of halogens is 25. The van der Waals surface area contributed by atoms with Crippen molar-refractivity contribution in [1.29, 1.82) is 0 Å². The van der Waals surface area contributed by atoms with Crippen LogP contribution in [0.5, 0.6) is 0 Å². The van der Waals surface area contributed by atoms with E-state index in [1.165, 1.54) is 0 Å². The molecule has 0 unspecified atom stereocenters. The summed E-state index contributed by atoms with van der Waals surface area (Å²) in [6.45, 7) is 0. The molecule has 76 heavy (non-hydrogen) atoms. The van der Waals surface area contributed by atoms with E-state index in [0.717, 1.165) is 0 Å². The molecule has 0 bridgehead atoms. The molecule has 0 saturated carbocycles. The van der Waals surface area contributed by atoms with Crippen molar-refractivity contribution in [2.24, 2.45) is 0 Å². The number of rotatable bonds is 5. The van der Waals surface area contributed by atoms with Gasteiger partial charge >= 0.3 is 50.6 Å². The molecule has 15 nitrogen and oxygen atoms in total. The minimum absolute atomic E-state index is 0. The Morgan fingerprint density at radius 1 is 0.158 bits per heavy atom. The summed E-state index contributed by atoms with van der Waals surface area (Å²) in [5, 5.41) is 0. The van der Waals surface area contributed by atoms with Crippen molar-refractivity contribution in [3.63, 3.8) is 0 Å². The smallest absolute Gasteiger partial charge is 0.282 e. The first kappa shape index (κ1) is 70.6. The number of hydrogen-bond donors (Lipinski definition) is 5. The van der Waals surface area contributed by atoms with E-state index in [2.05, 4.69) is 0 Å². The van der Waals surface area contributed by atoms with Gasteiger partial charge in [0.2, 0.25) is 29.1 Å². The zero-order valence-corrected chi connectivity index (χ0v) is 39.0. The Hall–Kier alpha value is -5.39. The van der Waals surface area contributed by atoms with Gasteiger partial charge in [-0.25, -0.2) is 110 Å². The second kappa shape index (κ2) is 24.9. The second-order valence-corrected chi connectivity index (χ2v) is 18.7. The first-order chi connectivity index (χ1) is 33.4. The molecule has 5 N–H and O–H groups in total. The van der Waals surface area contributed by atoms with Crippen molar-refractivity contribution >= 4 is 50.6 Å². The minimum atomic E-state index is -5.52. The van der Waals surface area contributed by atoms with Crippen molar-refractivity contribution in [2.45, 2.75) is 24.5 Å². The molecule has 0 amide bonds. The normalized spacial score (nSPS) is 11.7. The topological polar surface area (TPSA) is 272 Å². The molecule has 0 aromatic heterocycles. The maximum Gasteiger partial charge on any atom is 0.300 e. The molecule has 0 fully saturated rings. The van der Waals surface area contributed by atoms with Crippen molar-refractivity contribution in [1.82, 2.24) is 0 Å². The summed E-state index contributed by atoms with van der Waals surface area (Å²) >= 11 is 0. The third-order valence-electron chi connectivity index (χ3n) is 7.14. The molecule has 0 atom stereocenters. The summed E-state index contributed by atoms with van der Waals surface area (Å²) in [7, 11) is -27.6. The maximum atomic E-state index is 12.6. The van der Waals surface area contributed by atoms with Gasteiger partial charge in [-0.1, -0.05) is 0 Å². The van der Waals surface area contributed by atoms with Crippen LogP contribution in [-0.2, 0) is 72.3 Å². The van der Waals surface area contributed by atoms with E-state index in [0.29, 0.717) is 0 Å². The summed E-state index contributed by atoms with van der Waals surface area (Å²) < 4.78 is 456. The largest absolute Gasteiger partial charge is 0.300 e. The van der Waals surface area contributed by atoms with E-state index in [-0.39, 0.29) is 21.7 Å². The third-order valence-corrected chi connectivity index (χ3v) is 11.5. The van der Waals surface area contributed by atoms with Crippen LogP contribution < -0.4 is 0 Å². The van der Waals surface area contributed by atoms with Gasteiger partial charge in [0, 0.05) is 21.7 Å². The molecule has 0 saturated heterocycles. The van der Waals surface area contributed by atoms with E-state index in [4.69, 9.17) is 22.8 Å². The Morgan fingerprint density at radius 2 is 0.211 bits per heavy atom. The first-order valence-electron chi connectivity index (χ1n) is 15.8. The fourth-order valence-electron chi connectivity index (χ4n) is 4.06. The average molecular weight is 1290 g/mol. The second-order valence-electron chi connectivity index (χ2n) is 11.9. The monoisotopic (exact) mass is 1290 g/mol. The van der Waals surface area contributed by atoms with E-state index in [9.17, 15) is 152 Å². The molecule has 46 heteroatoms. The predicted octanol–water partition coefficient (Wildman–Crippen LogP) is 8.14. The Labute approximate surface area is 415 Å². The van der Waals surface area contributed by atoms with Crippen LogP contribution in [-0.4, -0.2) is 64.9 Å². The molecule has 0 aliphatic heterocycles. The summed E-state index contributed by atoms with van der Waals surface area (Å²) in [5.41, 5.74) is 0. The molecule has 5 aromatic carbocycles. The van der Waals surface area contributed by atoms with Crippen molar-refractivity contribution in [3.05, 3.63) is 145 Å². The zero-order valence-electron chi connectivity index (χ0n) is 33.3. The molecule has 424 valence electrons. The van der Waals surface area contributed by atoms with Crippen LogP contribution >= 0.6 is 0 Å². The Kier molecular flexibility index (Phi) is 23.2. The molecule has 0 radical (unpaired) electrons. The Balaban J connectivity index is 0.000000922. The van der Waals surface area contributed by atoms with Crippen LogP contribution in [0.15, 0.2) is 24.5 Å². The molecule has 0 heterocycles. The fourth-order valence-corrected chi connectivity index (χ4v) is 7.22. The SMILES string of the molecule is O=S(=O)(O)c1c(F)c(F)c(F)c(F)c1F.O=S(=O)(O)c1c(F)c(F)c(F)c(F)c1F.O=S(=O)(O)c1c(F)c(F)c(F)c(F)c1F.O=S(=O)(O)c1c(F)c(F)c(F)c(F)c1F.O=S(=O)(O)c1c(F)c(F)c(F)c(F)c1F.[Ti]. The Morgan fingerprint density at radius 3 is 0.263 bits per heavy atom. The fraction of sp³-hybridized carbons (Fsp3) is 0. The van der Waals surface area contributed by atoms with E-state index in [1.54, 1.807) is 0 Å². The minimum Gasteiger partial charge on any atom is -0.282 e. The van der Waals surface area contributed by atoms with Crippen LogP contribution in [0.3, 0.4) is 0 Å². The van der Waals surface area contributed by atoms with Gasteiger partial charge in [0.1, 0.15) is 0 Å². The maximum absolute atomic E-state index is 12.6. The Bertz CT molecular complexity index is 3050. The van der Waals surface area contributed by atoms with Crippen molar-refractivity contribution in [2.75, 3.05) is 0 Å². The molecule has 5 rings (SSSR count). The summed E-state index contributed by atoms with van der Waals surface area (Å²) in [6, 6.07) is 0. The summed E-state index contributed by atoms with van der Waals surface area (Å²) in [4.78, 5) is -11.3. The van der Waals surface area contributed by atoms with E-state index >= 15 is 0 Å². The van der Waals surface area contributed by atoms with Gasteiger partial charge in [-0.2, -0.15) is 42.1 Å². The third kappa shape index (κ3) is 15.0. The molecule has 0 aliphatic rings. The van der Waals surface area contributed by atoms with Gasteiger partial charge in [0.25, 0.3) is 0 Å². The predicted molar refractivity (Wildman–Crippen MR) is 180 cm³/mol. The first-order valence-corrected chi connectivity index (χ1v) is 23.0. The van der Waals surface area contributed by atoms with Crippen molar-refractivity contribution in [3.8, 4) is 0 Å². The van der Waals surface area contributed by atoms with Crippen LogP contribution in [0, 0.1) is 145 Å². The van der Waals surface area contributed by atoms with Gasteiger partial charge in [-0.15, -0.1) is 0 Å². The van der Waals surface area contributed by atoms with Gasteiger partial charge in [-0.05, 0) is 0 Å². The van der Waals surface area contributed by atoms with Crippen LogP contribution in [0.1, 0.15) is 0 Å². The van der Waals surface area contributed by atoms with Crippen LogP contribution in [0.4, 0.5) is 110 Å². The summed E-state index contributed by atoms with van der Waals surface area (Å²) in [6.07, 6.45) is 0. The average Bonchev–Trinajstić information content (AvgIpc) is 3.26. The van der Waals surface area contributed by atoms with Gasteiger partial charge in [0.15, 0.2) is 141 Å². The number of hydrogen-bond acceptors (Lipinski definition) is 10. The van der Waals surface area contributed by atoms with Crippen LogP contribution in [0.25, 0.3) is 0 Å². The zero-order chi connectivity index (χ0) is 59.8. The van der Waals surface area contributed by atoms with Crippen molar-refractivity contribution < 1.29 is 196 Å². The van der Waals surface area contributed by atoms with Gasteiger partial charge < -0.3 is 0 Å². The molecular formula is C30H5F25O15S5Ti. The van der Waals surface area contributed by atoms with Crippen LogP contribution in [0.2, 0.25) is 0 Å². The van der Waals surface area contributed by atoms with Gasteiger partial charge in [-0.3, -0.25) is 22.8 Å². The molecule has 0 spiro atoms. The van der Waals surface area contributed by atoms with Gasteiger partial charge in [0.05, 0.1) is 0 Å². The van der Waals surface area contributed by atoms with E-state index < -0.39 is 220 Å². The summed E-state index contributed by atoms with van der Waals surface area (Å²) in [5.74, 6) is -63.0. The molecular weight excluding hydrogens is 1280 g/mol. The standard InChI is InChI=1S/5C6HF5O3S.Ti/c5*7-1-2(8)4(10)6(15(12,13)14)5(11)3(1)9;/h5*(H,12,13,14);. The molecule has 5 aromatic rings.